The highest BCUT2D eigenvalue weighted by atomic mass is 16.2. The molecular weight excluding hydrogens is 90.1 g/mol. The van der Waals surface area contributed by atoms with Gasteiger partial charge in [0.15, 0.2) is 0 Å². The van der Waals surface area contributed by atoms with Gasteiger partial charge in [0.05, 0.1) is 0 Å². The molecule has 0 aromatic heterocycles. The maximum Gasteiger partial charge on any atom is 0.246 e. The second kappa shape index (κ2) is 1.37. The zero-order valence-electron chi connectivity index (χ0n) is 4.05. The lowest BCUT2D eigenvalue weighted by atomic mass is 10.6. The molecule has 2 nitrogen and oxygen atoms in total. The Bertz CT molecular complexity index is 105. The largest absolute Gasteiger partial charge is 0.336 e. The van der Waals surface area contributed by atoms with Crippen molar-refractivity contribution in [1.29, 1.82) is 0 Å². The molecule has 1 rings (SSSR count). The van der Waals surface area contributed by atoms with Crippen molar-refractivity contribution in [2.24, 2.45) is 0 Å². The van der Waals surface area contributed by atoms with Crippen molar-refractivity contribution >= 4 is 5.91 Å². The van der Waals surface area contributed by atoms with Gasteiger partial charge in [-0.15, -0.1) is 0 Å². The molecule has 1 amide bonds. The monoisotopic (exact) mass is 97.1 g/mol. The van der Waals surface area contributed by atoms with Gasteiger partial charge in [-0.25, -0.2) is 0 Å². The summed E-state index contributed by atoms with van der Waals surface area (Å²) in [6.45, 7) is 5.17. The highest BCUT2D eigenvalue weighted by Crippen LogP contribution is 2.02. The van der Waals surface area contributed by atoms with Gasteiger partial charge in [0.2, 0.25) is 5.91 Å². The molecule has 1 heterocycles. The summed E-state index contributed by atoms with van der Waals surface area (Å²) in [6, 6.07) is 0. The van der Waals surface area contributed by atoms with Crippen molar-refractivity contribution in [2.75, 3.05) is 13.1 Å². The quantitative estimate of drug-likeness (QED) is 0.333. The molecule has 0 N–H and O–H groups in total. The maximum absolute atomic E-state index is 10.4. The van der Waals surface area contributed by atoms with E-state index in [2.05, 4.69) is 6.58 Å². The van der Waals surface area contributed by atoms with E-state index in [1.54, 1.807) is 4.90 Å². The molecule has 1 aliphatic heterocycles. The van der Waals surface area contributed by atoms with Crippen LogP contribution in [0, 0.1) is 0 Å². The molecule has 1 saturated heterocycles. The molecule has 0 spiro atoms. The minimum atomic E-state index is 0.0556. The summed E-state index contributed by atoms with van der Waals surface area (Å²) in [5.41, 5.74) is 0. The molecule has 0 aromatic carbocycles. The third-order valence-electron chi connectivity index (χ3n) is 0.934. The Morgan fingerprint density at radius 1 is 1.71 bits per heavy atom. The average molecular weight is 97.1 g/mol. The summed E-state index contributed by atoms with van der Waals surface area (Å²) in [6.07, 6.45) is 1.34. The highest BCUT2D eigenvalue weighted by Gasteiger charge is 2.20. The van der Waals surface area contributed by atoms with Crippen molar-refractivity contribution in [3.63, 3.8) is 0 Å². The molecule has 0 unspecified atom stereocenters. The van der Waals surface area contributed by atoms with Crippen LogP contribution in [0.3, 0.4) is 0 Å². The number of hydrogen-bond donors (Lipinski definition) is 0. The molecule has 1 aliphatic rings. The van der Waals surface area contributed by atoms with Crippen LogP contribution < -0.4 is 0 Å². The predicted octanol–water partition coefficient (Wildman–Crippen LogP) is 0.0146. The van der Waals surface area contributed by atoms with E-state index in [-0.39, 0.29) is 5.91 Å². The predicted molar refractivity (Wildman–Crippen MR) is 26.8 cm³/mol. The van der Waals surface area contributed by atoms with E-state index in [1.807, 2.05) is 0 Å². The second-order valence-corrected chi connectivity index (χ2v) is 1.53. The lowest BCUT2D eigenvalue weighted by Crippen LogP contribution is -2.04. The van der Waals surface area contributed by atoms with E-state index in [1.165, 1.54) is 6.08 Å². The van der Waals surface area contributed by atoms with E-state index in [4.69, 9.17) is 0 Å². The molecular formula is C5H7NO. The minimum absolute atomic E-state index is 0.0556. The van der Waals surface area contributed by atoms with Crippen molar-refractivity contribution in [3.05, 3.63) is 12.7 Å². The van der Waals surface area contributed by atoms with Crippen molar-refractivity contribution in [1.82, 2.24) is 4.90 Å². The first-order chi connectivity index (χ1) is 3.34. The highest BCUT2D eigenvalue weighted by molar-refractivity contribution is 5.88. The molecule has 7 heavy (non-hydrogen) atoms. The van der Waals surface area contributed by atoms with E-state index in [0.717, 1.165) is 13.1 Å². The van der Waals surface area contributed by atoms with Crippen LogP contribution in [-0.4, -0.2) is 23.9 Å². The van der Waals surface area contributed by atoms with Gasteiger partial charge in [-0.05, 0) is 6.08 Å². The van der Waals surface area contributed by atoms with Crippen LogP contribution in [0.2, 0.25) is 0 Å². The van der Waals surface area contributed by atoms with Crippen molar-refractivity contribution < 1.29 is 4.79 Å². The fraction of sp³-hybridized carbons (Fsp3) is 0.400. The van der Waals surface area contributed by atoms with Crippen LogP contribution in [0.5, 0.6) is 0 Å². The summed E-state index contributed by atoms with van der Waals surface area (Å²) in [4.78, 5) is 12.1. The molecule has 2 heteroatoms. The van der Waals surface area contributed by atoms with Crippen LogP contribution in [0.15, 0.2) is 12.7 Å². The Morgan fingerprint density at radius 3 is 2.43 bits per heavy atom. The third kappa shape index (κ3) is 0.796. The molecule has 0 saturated carbocycles. The fourth-order valence-corrected chi connectivity index (χ4v) is 0.399. The Kier molecular flexibility index (Phi) is 0.855. The molecule has 0 radical (unpaired) electrons. The molecule has 0 aliphatic carbocycles. The van der Waals surface area contributed by atoms with Crippen molar-refractivity contribution in [2.45, 2.75) is 0 Å². The minimum Gasteiger partial charge on any atom is -0.336 e. The smallest absolute Gasteiger partial charge is 0.246 e. The normalized spacial score (nSPS) is 16.3. The number of hydrogen-bond acceptors (Lipinski definition) is 1. The van der Waals surface area contributed by atoms with Crippen LogP contribution in [-0.2, 0) is 4.79 Å². The Labute approximate surface area is 42.4 Å². The Hall–Kier alpha value is -0.790. The number of nitrogens with zero attached hydrogens (tertiary/aromatic N) is 1. The average Bonchev–Trinajstić information content (AvgIpc) is 2.44. The van der Waals surface area contributed by atoms with Gasteiger partial charge in [0.25, 0.3) is 0 Å². The first-order valence-electron chi connectivity index (χ1n) is 2.26. The van der Waals surface area contributed by atoms with Gasteiger partial charge < -0.3 is 4.90 Å². The van der Waals surface area contributed by atoms with Crippen LogP contribution in [0.4, 0.5) is 0 Å². The van der Waals surface area contributed by atoms with E-state index in [9.17, 15) is 4.79 Å². The fourth-order valence-electron chi connectivity index (χ4n) is 0.399. The lowest BCUT2D eigenvalue weighted by Gasteiger charge is -1.87. The van der Waals surface area contributed by atoms with Crippen LogP contribution in [0.1, 0.15) is 0 Å². The van der Waals surface area contributed by atoms with Crippen molar-refractivity contribution in [3.8, 4) is 0 Å². The van der Waals surface area contributed by atoms with Gasteiger partial charge >= 0.3 is 0 Å². The number of amides is 1. The lowest BCUT2D eigenvalue weighted by molar-refractivity contribution is -0.120. The zero-order chi connectivity index (χ0) is 5.28. The summed E-state index contributed by atoms with van der Waals surface area (Å²) >= 11 is 0. The standard InChI is InChI=1S/C5H7NO/c1-2-5(7)6-3-4-6/h2H,1,3-4H2. The van der Waals surface area contributed by atoms with E-state index < -0.39 is 0 Å². The molecule has 0 aromatic rings. The first-order valence-corrected chi connectivity index (χ1v) is 2.26. The number of carbonyl (C=O) groups is 1. The second-order valence-electron chi connectivity index (χ2n) is 1.53. The Morgan fingerprint density at radius 2 is 2.29 bits per heavy atom. The summed E-state index contributed by atoms with van der Waals surface area (Å²) in [7, 11) is 0. The van der Waals surface area contributed by atoms with Gasteiger partial charge in [0, 0.05) is 13.1 Å². The first kappa shape index (κ1) is 4.37. The molecule has 0 atom stereocenters. The SMILES string of the molecule is C=CC(=O)N1CC1. The van der Waals surface area contributed by atoms with E-state index in [0.29, 0.717) is 0 Å². The zero-order valence-corrected chi connectivity index (χ0v) is 4.05. The summed E-state index contributed by atoms with van der Waals surface area (Å²) in [5, 5.41) is 0. The topological polar surface area (TPSA) is 20.1 Å². The summed E-state index contributed by atoms with van der Waals surface area (Å²) in [5.74, 6) is 0.0556. The third-order valence-corrected chi connectivity index (χ3v) is 0.934. The van der Waals surface area contributed by atoms with Gasteiger partial charge in [-0.1, -0.05) is 6.58 Å². The summed E-state index contributed by atoms with van der Waals surface area (Å²) < 4.78 is 0. The van der Waals surface area contributed by atoms with Gasteiger partial charge in [-0.3, -0.25) is 4.79 Å². The maximum atomic E-state index is 10.4. The van der Waals surface area contributed by atoms with Gasteiger partial charge in [0.1, 0.15) is 0 Å². The van der Waals surface area contributed by atoms with Crippen LogP contribution >= 0.6 is 0 Å². The molecule has 0 bridgehead atoms. The van der Waals surface area contributed by atoms with Gasteiger partial charge in [-0.2, -0.15) is 0 Å². The number of carbonyl (C=O) groups excluding carboxylic acids is 1. The Balaban J connectivity index is 2.37. The number of rotatable bonds is 1. The molecule has 1 fully saturated rings. The van der Waals surface area contributed by atoms with Crippen LogP contribution in [0.25, 0.3) is 0 Å². The van der Waals surface area contributed by atoms with E-state index >= 15 is 0 Å². The molecule has 38 valence electrons.